The van der Waals surface area contributed by atoms with Crippen molar-refractivity contribution in [1.82, 2.24) is 9.88 Å². The zero-order valence-electron chi connectivity index (χ0n) is 12.6. The van der Waals surface area contributed by atoms with Crippen molar-refractivity contribution in [3.8, 4) is 0 Å². The monoisotopic (exact) mass is 300 g/mol. The second-order valence-electron chi connectivity index (χ2n) is 6.28. The summed E-state index contributed by atoms with van der Waals surface area (Å²) in [6.07, 6.45) is 0.708. The van der Waals surface area contributed by atoms with Gasteiger partial charge in [-0.15, -0.1) is 0 Å². The van der Waals surface area contributed by atoms with Gasteiger partial charge in [0.1, 0.15) is 0 Å². The minimum Gasteiger partial charge on any atom is -0.481 e. The van der Waals surface area contributed by atoms with Gasteiger partial charge in [-0.3, -0.25) is 14.5 Å². The first-order chi connectivity index (χ1) is 10.5. The van der Waals surface area contributed by atoms with Gasteiger partial charge in [0.05, 0.1) is 5.92 Å². The summed E-state index contributed by atoms with van der Waals surface area (Å²) >= 11 is 0. The molecule has 22 heavy (non-hydrogen) atoms. The Morgan fingerprint density at radius 1 is 1.36 bits per heavy atom. The van der Waals surface area contributed by atoms with E-state index in [1.807, 2.05) is 30.3 Å². The normalized spacial score (nSPS) is 22.8. The van der Waals surface area contributed by atoms with Gasteiger partial charge in [0.2, 0.25) is 0 Å². The lowest BCUT2D eigenvalue weighted by molar-refractivity contribution is -0.144. The molecular weight excluding hydrogens is 280 g/mol. The van der Waals surface area contributed by atoms with Crippen molar-refractivity contribution in [2.75, 3.05) is 13.1 Å². The molecule has 3 rings (SSSR count). The number of fused-ring (bicyclic) bond motifs is 1. The van der Waals surface area contributed by atoms with Crippen LogP contribution in [-0.2, 0) is 11.3 Å². The molecule has 1 aliphatic heterocycles. The number of carboxylic acids is 1. The SMILES string of the molecule is C[C@@H]1C[C@H](C(=O)O)CN(Cc2cc3ccccc3[nH]c2=O)C1. The highest BCUT2D eigenvalue weighted by atomic mass is 16.4. The van der Waals surface area contributed by atoms with Crippen LogP contribution in [0.4, 0.5) is 0 Å². The zero-order chi connectivity index (χ0) is 15.7. The number of hydrogen-bond acceptors (Lipinski definition) is 3. The van der Waals surface area contributed by atoms with Crippen LogP contribution in [-0.4, -0.2) is 34.0 Å². The second kappa shape index (κ2) is 5.93. The highest BCUT2D eigenvalue weighted by Gasteiger charge is 2.29. The van der Waals surface area contributed by atoms with Crippen LogP contribution in [0.25, 0.3) is 10.9 Å². The standard InChI is InChI=1S/C17H20N2O3/c1-11-6-14(17(21)22)10-19(8-11)9-13-7-12-4-2-3-5-15(12)18-16(13)20/h2-5,7,11,14H,6,8-10H2,1H3,(H,18,20)(H,21,22)/t11-,14+/m1/s1. The molecule has 2 atom stereocenters. The maximum Gasteiger partial charge on any atom is 0.307 e. The summed E-state index contributed by atoms with van der Waals surface area (Å²) in [4.78, 5) is 28.4. The molecule has 116 valence electrons. The summed E-state index contributed by atoms with van der Waals surface area (Å²) in [6, 6.07) is 9.58. The van der Waals surface area contributed by atoms with E-state index in [-0.39, 0.29) is 11.5 Å². The molecule has 0 unspecified atom stereocenters. The number of para-hydroxylation sites is 1. The minimum atomic E-state index is -0.746. The number of likely N-dealkylation sites (tertiary alicyclic amines) is 1. The molecule has 0 amide bonds. The highest BCUT2D eigenvalue weighted by Crippen LogP contribution is 2.23. The first kappa shape index (κ1) is 14.8. The fourth-order valence-electron chi connectivity index (χ4n) is 3.32. The molecule has 1 aromatic heterocycles. The quantitative estimate of drug-likeness (QED) is 0.910. The molecule has 1 aromatic carbocycles. The summed E-state index contributed by atoms with van der Waals surface area (Å²) in [5, 5.41) is 10.2. The van der Waals surface area contributed by atoms with Gasteiger partial charge in [0.25, 0.3) is 5.56 Å². The number of nitrogens with one attached hydrogen (secondary N) is 1. The van der Waals surface area contributed by atoms with E-state index in [4.69, 9.17) is 0 Å². The van der Waals surface area contributed by atoms with Gasteiger partial charge in [-0.05, 0) is 29.9 Å². The van der Waals surface area contributed by atoms with Crippen molar-refractivity contribution in [2.45, 2.75) is 19.9 Å². The van der Waals surface area contributed by atoms with Crippen LogP contribution in [0.1, 0.15) is 18.9 Å². The molecule has 0 saturated carbocycles. The topological polar surface area (TPSA) is 73.4 Å². The Labute approximate surface area is 128 Å². The number of carboxylic acid groups (broad SMARTS) is 1. The molecular formula is C17H20N2O3. The maximum absolute atomic E-state index is 12.2. The van der Waals surface area contributed by atoms with E-state index < -0.39 is 5.97 Å². The molecule has 5 heteroatoms. The Morgan fingerprint density at radius 2 is 2.14 bits per heavy atom. The maximum atomic E-state index is 12.2. The smallest absolute Gasteiger partial charge is 0.307 e. The molecule has 1 saturated heterocycles. The van der Waals surface area contributed by atoms with E-state index >= 15 is 0 Å². The number of nitrogens with zero attached hydrogens (tertiary/aromatic N) is 1. The van der Waals surface area contributed by atoms with E-state index in [0.29, 0.717) is 31.0 Å². The summed E-state index contributed by atoms with van der Waals surface area (Å²) in [7, 11) is 0. The zero-order valence-corrected chi connectivity index (χ0v) is 12.6. The number of benzene rings is 1. The molecule has 0 spiro atoms. The van der Waals surface area contributed by atoms with E-state index in [2.05, 4.69) is 16.8 Å². The number of aromatic amines is 1. The number of rotatable bonds is 3. The third-order valence-electron chi connectivity index (χ3n) is 4.31. The lowest BCUT2D eigenvalue weighted by atomic mass is 9.90. The number of H-pyrrole nitrogens is 1. The van der Waals surface area contributed by atoms with Crippen LogP contribution in [0.5, 0.6) is 0 Å². The molecule has 1 aliphatic rings. The Bertz CT molecular complexity index is 753. The largest absolute Gasteiger partial charge is 0.481 e. The van der Waals surface area contributed by atoms with Gasteiger partial charge in [0, 0.05) is 30.7 Å². The van der Waals surface area contributed by atoms with Gasteiger partial charge in [0.15, 0.2) is 0 Å². The summed E-state index contributed by atoms with van der Waals surface area (Å²) in [6.45, 7) is 3.89. The van der Waals surface area contributed by atoms with Crippen molar-refractivity contribution in [2.24, 2.45) is 11.8 Å². The molecule has 0 radical (unpaired) electrons. The van der Waals surface area contributed by atoms with Crippen LogP contribution in [0.15, 0.2) is 35.1 Å². The average Bonchev–Trinajstić information content (AvgIpc) is 2.47. The number of hydrogen-bond donors (Lipinski definition) is 2. The number of aromatic nitrogens is 1. The Hall–Kier alpha value is -2.14. The predicted molar refractivity (Wildman–Crippen MR) is 84.8 cm³/mol. The third kappa shape index (κ3) is 3.04. The van der Waals surface area contributed by atoms with E-state index in [1.165, 1.54) is 0 Å². The molecule has 1 fully saturated rings. The predicted octanol–water partition coefficient (Wildman–Crippen LogP) is 2.07. The van der Waals surface area contributed by atoms with Gasteiger partial charge < -0.3 is 10.1 Å². The summed E-state index contributed by atoms with van der Waals surface area (Å²) in [5.41, 5.74) is 1.42. The van der Waals surface area contributed by atoms with Gasteiger partial charge in [-0.25, -0.2) is 0 Å². The number of pyridine rings is 1. The van der Waals surface area contributed by atoms with Crippen LogP contribution in [0.3, 0.4) is 0 Å². The van der Waals surface area contributed by atoms with E-state index in [0.717, 1.165) is 17.4 Å². The molecule has 2 heterocycles. The van der Waals surface area contributed by atoms with Gasteiger partial charge in [-0.1, -0.05) is 25.1 Å². The number of piperidine rings is 1. The van der Waals surface area contributed by atoms with Crippen LogP contribution < -0.4 is 5.56 Å². The highest BCUT2D eigenvalue weighted by molar-refractivity contribution is 5.78. The van der Waals surface area contributed by atoms with Gasteiger partial charge in [-0.2, -0.15) is 0 Å². The fourth-order valence-corrected chi connectivity index (χ4v) is 3.32. The van der Waals surface area contributed by atoms with Crippen molar-refractivity contribution < 1.29 is 9.90 Å². The van der Waals surface area contributed by atoms with Crippen molar-refractivity contribution in [1.29, 1.82) is 0 Å². The third-order valence-corrected chi connectivity index (χ3v) is 4.31. The summed E-state index contributed by atoms with van der Waals surface area (Å²) < 4.78 is 0. The number of carbonyl (C=O) groups is 1. The second-order valence-corrected chi connectivity index (χ2v) is 6.28. The Morgan fingerprint density at radius 3 is 2.91 bits per heavy atom. The lowest BCUT2D eigenvalue weighted by Crippen LogP contribution is -2.42. The molecule has 0 aliphatic carbocycles. The first-order valence-corrected chi connectivity index (χ1v) is 7.59. The van der Waals surface area contributed by atoms with Crippen LogP contribution in [0, 0.1) is 11.8 Å². The van der Waals surface area contributed by atoms with E-state index in [1.54, 1.807) is 0 Å². The Kier molecular flexibility index (Phi) is 3.98. The van der Waals surface area contributed by atoms with Gasteiger partial charge >= 0.3 is 5.97 Å². The average molecular weight is 300 g/mol. The van der Waals surface area contributed by atoms with Crippen molar-refractivity contribution in [3.63, 3.8) is 0 Å². The molecule has 0 bridgehead atoms. The number of aliphatic carboxylic acids is 1. The molecule has 2 aromatic rings. The molecule has 5 nitrogen and oxygen atoms in total. The van der Waals surface area contributed by atoms with Crippen molar-refractivity contribution >= 4 is 16.9 Å². The van der Waals surface area contributed by atoms with E-state index in [9.17, 15) is 14.7 Å². The van der Waals surface area contributed by atoms with Crippen LogP contribution in [0.2, 0.25) is 0 Å². The first-order valence-electron chi connectivity index (χ1n) is 7.59. The Balaban J connectivity index is 1.84. The fraction of sp³-hybridized carbons (Fsp3) is 0.412. The minimum absolute atomic E-state index is 0.0937. The van der Waals surface area contributed by atoms with Crippen molar-refractivity contribution in [3.05, 3.63) is 46.2 Å². The summed E-state index contributed by atoms with van der Waals surface area (Å²) in [5.74, 6) is -0.762. The lowest BCUT2D eigenvalue weighted by Gasteiger charge is -2.34. The van der Waals surface area contributed by atoms with Crippen LogP contribution >= 0.6 is 0 Å². The molecule has 2 N–H and O–H groups in total.